The third kappa shape index (κ3) is 4.13. The van der Waals surface area contributed by atoms with Crippen molar-refractivity contribution < 1.29 is 9.90 Å². The van der Waals surface area contributed by atoms with Gasteiger partial charge in [-0.05, 0) is 38.6 Å². The molecule has 1 aromatic carbocycles. The number of hydrogen-bond acceptors (Lipinski definition) is 2. The number of nitrogens with zero attached hydrogens (tertiary/aromatic N) is 1. The Hall–Kier alpha value is -0.870. The molecule has 0 aliphatic carbocycles. The Morgan fingerprint density at radius 1 is 1.35 bits per heavy atom. The number of carboxylic acid groups (broad SMARTS) is 1. The molecule has 17 heavy (non-hydrogen) atoms. The lowest BCUT2D eigenvalue weighted by Gasteiger charge is -2.30. The van der Waals surface area contributed by atoms with Crippen LogP contribution < -0.4 is 0 Å². The van der Waals surface area contributed by atoms with E-state index in [-0.39, 0.29) is 12.5 Å². The number of carboxylic acids is 1. The molecule has 94 valence electrons. The summed E-state index contributed by atoms with van der Waals surface area (Å²) in [6.45, 7) is 4.13. The van der Waals surface area contributed by atoms with Crippen molar-refractivity contribution in [2.24, 2.45) is 0 Å². The zero-order valence-corrected chi connectivity index (χ0v) is 11.9. The molecule has 3 nitrogen and oxygen atoms in total. The lowest BCUT2D eigenvalue weighted by molar-refractivity contribution is -0.138. The molecule has 0 aliphatic heterocycles. The van der Waals surface area contributed by atoms with Gasteiger partial charge in [0, 0.05) is 16.6 Å². The van der Waals surface area contributed by atoms with Gasteiger partial charge in [-0.2, -0.15) is 0 Å². The molecule has 4 heteroatoms. The first-order valence-electron chi connectivity index (χ1n) is 5.61. The van der Waals surface area contributed by atoms with Crippen molar-refractivity contribution in [2.45, 2.75) is 32.4 Å². The van der Waals surface area contributed by atoms with E-state index in [0.717, 1.165) is 10.0 Å². The van der Waals surface area contributed by atoms with Crippen LogP contribution in [0.5, 0.6) is 0 Å². The summed E-state index contributed by atoms with van der Waals surface area (Å²) in [6.07, 6.45) is 0.121. The summed E-state index contributed by atoms with van der Waals surface area (Å²) >= 11 is 3.38. The van der Waals surface area contributed by atoms with Gasteiger partial charge in [0.2, 0.25) is 0 Å². The molecule has 0 heterocycles. The average Bonchev–Trinajstić information content (AvgIpc) is 2.26. The summed E-state index contributed by atoms with van der Waals surface area (Å²) in [5.41, 5.74) is 1.03. The second-order valence-corrected chi connectivity index (χ2v) is 5.34. The average molecular weight is 300 g/mol. The van der Waals surface area contributed by atoms with Gasteiger partial charge in [0.05, 0.1) is 6.42 Å². The maximum absolute atomic E-state index is 10.9. The van der Waals surface area contributed by atoms with E-state index < -0.39 is 5.97 Å². The van der Waals surface area contributed by atoms with Gasteiger partial charge >= 0.3 is 5.97 Å². The number of carbonyl (C=O) groups is 1. The summed E-state index contributed by atoms with van der Waals surface area (Å²) in [4.78, 5) is 13.0. The Labute approximate surface area is 111 Å². The first-order valence-corrected chi connectivity index (χ1v) is 6.40. The Kier molecular flexibility index (Phi) is 5.15. The molecule has 1 unspecified atom stereocenters. The van der Waals surface area contributed by atoms with E-state index >= 15 is 0 Å². The molecular formula is C13H18BrNO2. The molecule has 0 bridgehead atoms. The maximum atomic E-state index is 10.9. The molecule has 0 aliphatic rings. The molecule has 1 atom stereocenters. The van der Waals surface area contributed by atoms with E-state index in [2.05, 4.69) is 34.7 Å². The van der Waals surface area contributed by atoms with E-state index in [1.165, 1.54) is 0 Å². The predicted molar refractivity (Wildman–Crippen MR) is 72.0 cm³/mol. The van der Waals surface area contributed by atoms with Crippen LogP contribution in [0.15, 0.2) is 28.7 Å². The quantitative estimate of drug-likeness (QED) is 0.907. The van der Waals surface area contributed by atoms with Crippen molar-refractivity contribution in [2.75, 3.05) is 7.05 Å². The minimum atomic E-state index is -0.773. The highest BCUT2D eigenvalue weighted by atomic mass is 79.9. The number of benzene rings is 1. The van der Waals surface area contributed by atoms with E-state index in [4.69, 9.17) is 5.11 Å². The predicted octanol–water partition coefficient (Wildman–Crippen LogP) is 3.31. The molecule has 0 radical (unpaired) electrons. The van der Waals surface area contributed by atoms with Crippen LogP contribution in [0.1, 0.15) is 31.9 Å². The van der Waals surface area contributed by atoms with Crippen molar-refractivity contribution in [3.05, 3.63) is 34.3 Å². The first kappa shape index (κ1) is 14.2. The molecule has 0 spiro atoms. The van der Waals surface area contributed by atoms with Crippen LogP contribution in [0.4, 0.5) is 0 Å². The van der Waals surface area contributed by atoms with Crippen LogP contribution in [0.3, 0.4) is 0 Å². The van der Waals surface area contributed by atoms with Gasteiger partial charge < -0.3 is 5.11 Å². The van der Waals surface area contributed by atoms with Crippen LogP contribution in [0.2, 0.25) is 0 Å². The summed E-state index contributed by atoms with van der Waals surface area (Å²) in [5.74, 6) is -0.773. The van der Waals surface area contributed by atoms with Gasteiger partial charge in [-0.1, -0.05) is 28.1 Å². The van der Waals surface area contributed by atoms with E-state index in [9.17, 15) is 4.79 Å². The highest BCUT2D eigenvalue weighted by molar-refractivity contribution is 9.10. The standard InChI is InChI=1S/C13H18BrNO2/c1-9(2)15(3)12(8-13(16)17)10-4-6-11(14)7-5-10/h4-7,9,12H,8H2,1-3H3,(H,16,17). The fourth-order valence-corrected chi connectivity index (χ4v) is 1.97. The molecule has 1 N–H and O–H groups in total. The normalized spacial score (nSPS) is 13.1. The summed E-state index contributed by atoms with van der Waals surface area (Å²) in [7, 11) is 1.96. The number of aliphatic carboxylic acids is 1. The lowest BCUT2D eigenvalue weighted by Crippen LogP contribution is -2.32. The number of halogens is 1. The molecule has 1 aromatic rings. The van der Waals surface area contributed by atoms with Crippen LogP contribution >= 0.6 is 15.9 Å². The zero-order chi connectivity index (χ0) is 13.0. The van der Waals surface area contributed by atoms with Crippen molar-refractivity contribution in [3.8, 4) is 0 Å². The van der Waals surface area contributed by atoms with Crippen LogP contribution in [0, 0.1) is 0 Å². The topological polar surface area (TPSA) is 40.5 Å². The molecule has 1 rings (SSSR count). The van der Waals surface area contributed by atoms with Gasteiger partial charge in [-0.3, -0.25) is 9.69 Å². The maximum Gasteiger partial charge on any atom is 0.305 e. The summed E-state index contributed by atoms with van der Waals surface area (Å²) in [5, 5.41) is 8.99. The Morgan fingerprint density at radius 3 is 2.29 bits per heavy atom. The van der Waals surface area contributed by atoms with Crippen molar-refractivity contribution in [1.29, 1.82) is 0 Å². The van der Waals surface area contributed by atoms with Crippen molar-refractivity contribution in [1.82, 2.24) is 4.90 Å². The van der Waals surface area contributed by atoms with E-state index in [1.807, 2.05) is 31.3 Å². The second-order valence-electron chi connectivity index (χ2n) is 4.42. The largest absolute Gasteiger partial charge is 0.481 e. The van der Waals surface area contributed by atoms with Crippen LogP contribution in [-0.4, -0.2) is 29.1 Å². The fraction of sp³-hybridized carbons (Fsp3) is 0.462. The van der Waals surface area contributed by atoms with Gasteiger partial charge in [0.15, 0.2) is 0 Å². The minimum Gasteiger partial charge on any atom is -0.481 e. The van der Waals surface area contributed by atoms with Crippen LogP contribution in [-0.2, 0) is 4.79 Å². The smallest absolute Gasteiger partial charge is 0.305 e. The third-order valence-electron chi connectivity index (χ3n) is 2.93. The molecule has 0 aromatic heterocycles. The minimum absolute atomic E-state index is 0.0828. The Bertz CT molecular complexity index is 376. The highest BCUT2D eigenvalue weighted by Gasteiger charge is 2.21. The van der Waals surface area contributed by atoms with E-state index in [0.29, 0.717) is 6.04 Å². The van der Waals surface area contributed by atoms with Gasteiger partial charge in [-0.15, -0.1) is 0 Å². The number of rotatable bonds is 5. The molecular weight excluding hydrogens is 282 g/mol. The summed E-state index contributed by atoms with van der Waals surface area (Å²) in [6, 6.07) is 8.05. The lowest BCUT2D eigenvalue weighted by atomic mass is 10.0. The Balaban J connectivity index is 2.97. The van der Waals surface area contributed by atoms with Gasteiger partial charge in [-0.25, -0.2) is 0 Å². The zero-order valence-electron chi connectivity index (χ0n) is 10.4. The SMILES string of the molecule is CC(C)N(C)C(CC(=O)O)c1ccc(Br)cc1. The second kappa shape index (κ2) is 6.17. The van der Waals surface area contributed by atoms with Gasteiger partial charge in [0.25, 0.3) is 0 Å². The van der Waals surface area contributed by atoms with E-state index in [1.54, 1.807) is 0 Å². The highest BCUT2D eigenvalue weighted by Crippen LogP contribution is 2.26. The van der Waals surface area contributed by atoms with Gasteiger partial charge in [0.1, 0.15) is 0 Å². The number of hydrogen-bond donors (Lipinski definition) is 1. The van der Waals surface area contributed by atoms with Crippen molar-refractivity contribution >= 4 is 21.9 Å². The third-order valence-corrected chi connectivity index (χ3v) is 3.46. The first-order chi connectivity index (χ1) is 7.91. The molecule has 0 fully saturated rings. The molecule has 0 amide bonds. The van der Waals surface area contributed by atoms with Crippen molar-refractivity contribution in [3.63, 3.8) is 0 Å². The van der Waals surface area contributed by atoms with Crippen LogP contribution in [0.25, 0.3) is 0 Å². The molecule has 0 saturated heterocycles. The fourth-order valence-electron chi connectivity index (χ4n) is 1.71. The molecule has 0 saturated carbocycles. The monoisotopic (exact) mass is 299 g/mol. The Morgan fingerprint density at radius 2 is 1.88 bits per heavy atom. The summed E-state index contributed by atoms with van der Waals surface area (Å²) < 4.78 is 1.00.